The summed E-state index contributed by atoms with van der Waals surface area (Å²) < 4.78 is 1.68. The number of nitrogens with zero attached hydrogens (tertiary/aromatic N) is 6. The van der Waals surface area contributed by atoms with E-state index in [1.807, 2.05) is 11.1 Å². The second-order valence-corrected chi connectivity index (χ2v) is 7.23. The van der Waals surface area contributed by atoms with Crippen molar-refractivity contribution in [1.29, 1.82) is 0 Å². The molecule has 31 heavy (non-hydrogen) atoms. The third kappa shape index (κ3) is 12.1. The van der Waals surface area contributed by atoms with Crippen LogP contribution in [0, 0.1) is 0 Å². The van der Waals surface area contributed by atoms with Crippen LogP contribution in [0.5, 0.6) is 0 Å². The van der Waals surface area contributed by atoms with Crippen LogP contribution in [-0.2, 0) is 13.1 Å². The van der Waals surface area contributed by atoms with Crippen LogP contribution in [0.3, 0.4) is 0 Å². The van der Waals surface area contributed by atoms with Gasteiger partial charge in [0.1, 0.15) is 0 Å². The van der Waals surface area contributed by atoms with Crippen molar-refractivity contribution >= 4 is 0 Å². The van der Waals surface area contributed by atoms with Crippen molar-refractivity contribution in [3.8, 4) is 0 Å². The number of aromatic nitrogens is 3. The average Bonchev–Trinajstić information content (AvgIpc) is 3.15. The molecule has 0 aliphatic heterocycles. The van der Waals surface area contributed by atoms with E-state index in [-0.39, 0.29) is 19.8 Å². The molecular formula is C18H38N10O3. The van der Waals surface area contributed by atoms with Gasteiger partial charge in [0.05, 0.1) is 5.69 Å². The van der Waals surface area contributed by atoms with Gasteiger partial charge in [0.25, 0.3) is 0 Å². The van der Waals surface area contributed by atoms with Crippen LogP contribution < -0.4 is 23.2 Å². The summed E-state index contributed by atoms with van der Waals surface area (Å²) in [5.74, 6) is 11.7. The number of hydrogen-bond acceptors (Lipinski definition) is 12. The van der Waals surface area contributed by atoms with Gasteiger partial charge < -0.3 is 36.8 Å². The number of nitrogens with two attached hydrogens (primary N) is 4. The standard InChI is InChI=1S/C18H38N10O3/c19-16(12-26(21)4-1-7-29)10-25(11-17(20)13-27(22)5-2-8-30)14-18-15-28(24-23-18)6-3-9-31/h12-13,15,29-31H,1-11,14,19-22H2/b16-12-,17-13-. The second-order valence-electron chi connectivity index (χ2n) is 7.23. The molecule has 0 saturated carbocycles. The van der Waals surface area contributed by atoms with Gasteiger partial charge in [-0.1, -0.05) is 5.21 Å². The minimum atomic E-state index is 0.0483. The summed E-state index contributed by atoms with van der Waals surface area (Å²) >= 11 is 0. The van der Waals surface area contributed by atoms with Crippen LogP contribution in [0.4, 0.5) is 0 Å². The molecule has 11 N–H and O–H groups in total. The first kappa shape index (κ1) is 26.6. The van der Waals surface area contributed by atoms with Gasteiger partial charge in [0, 0.05) is 89.1 Å². The van der Waals surface area contributed by atoms with Gasteiger partial charge in [-0.15, -0.1) is 5.10 Å². The number of aliphatic hydroxyl groups excluding tert-OH is 3. The van der Waals surface area contributed by atoms with E-state index in [1.165, 1.54) is 10.0 Å². The third-order valence-corrected chi connectivity index (χ3v) is 4.14. The Labute approximate surface area is 183 Å². The molecule has 0 unspecified atom stereocenters. The molecule has 1 aromatic rings. The highest BCUT2D eigenvalue weighted by molar-refractivity contribution is 5.05. The summed E-state index contributed by atoms with van der Waals surface area (Å²) in [7, 11) is 0. The predicted molar refractivity (Wildman–Crippen MR) is 117 cm³/mol. The monoisotopic (exact) mass is 442 g/mol. The van der Waals surface area contributed by atoms with Gasteiger partial charge in [-0.25, -0.2) is 11.7 Å². The normalized spacial score (nSPS) is 12.6. The van der Waals surface area contributed by atoms with Gasteiger partial charge >= 0.3 is 0 Å². The largest absolute Gasteiger partial charge is 0.400 e. The Morgan fingerprint density at radius 3 is 1.90 bits per heavy atom. The van der Waals surface area contributed by atoms with E-state index in [1.54, 1.807) is 17.1 Å². The van der Waals surface area contributed by atoms with Crippen LogP contribution in [-0.4, -0.2) is 91.2 Å². The van der Waals surface area contributed by atoms with Gasteiger partial charge in [0.2, 0.25) is 0 Å². The van der Waals surface area contributed by atoms with Gasteiger partial charge in [-0.05, 0) is 19.3 Å². The van der Waals surface area contributed by atoms with Crippen molar-refractivity contribution in [3.63, 3.8) is 0 Å². The summed E-state index contributed by atoms with van der Waals surface area (Å²) in [4.78, 5) is 1.97. The summed E-state index contributed by atoms with van der Waals surface area (Å²) in [6.07, 6.45) is 6.73. The molecule has 0 aliphatic carbocycles. The van der Waals surface area contributed by atoms with E-state index in [9.17, 15) is 0 Å². The number of aryl methyl sites for hydroxylation is 1. The zero-order valence-electron chi connectivity index (χ0n) is 18.1. The molecule has 178 valence electrons. The summed E-state index contributed by atoms with van der Waals surface area (Å²) in [5.41, 5.74) is 14.1. The van der Waals surface area contributed by atoms with E-state index in [4.69, 9.17) is 38.5 Å². The lowest BCUT2D eigenvalue weighted by Gasteiger charge is -2.23. The molecule has 0 aromatic carbocycles. The fraction of sp³-hybridized carbons (Fsp3) is 0.667. The van der Waals surface area contributed by atoms with E-state index in [2.05, 4.69) is 10.3 Å². The highest BCUT2D eigenvalue weighted by Gasteiger charge is 2.12. The lowest BCUT2D eigenvalue weighted by atomic mass is 10.3. The van der Waals surface area contributed by atoms with E-state index in [0.29, 0.717) is 69.9 Å². The molecule has 1 rings (SSSR count). The molecule has 0 amide bonds. The smallest absolute Gasteiger partial charge is 0.0967 e. The third-order valence-electron chi connectivity index (χ3n) is 4.14. The second kappa shape index (κ2) is 15.4. The number of hydrazine groups is 2. The van der Waals surface area contributed by atoms with Crippen LogP contribution >= 0.6 is 0 Å². The molecule has 0 fully saturated rings. The minimum Gasteiger partial charge on any atom is -0.400 e. The van der Waals surface area contributed by atoms with Gasteiger partial charge in [-0.3, -0.25) is 9.58 Å². The van der Waals surface area contributed by atoms with Crippen molar-refractivity contribution in [2.45, 2.75) is 32.4 Å². The van der Waals surface area contributed by atoms with Crippen LogP contribution in [0.15, 0.2) is 30.0 Å². The molecule has 1 heterocycles. The molecule has 13 nitrogen and oxygen atoms in total. The Kier molecular flexibility index (Phi) is 13.2. The first-order chi connectivity index (χ1) is 14.9. The lowest BCUT2D eigenvalue weighted by Crippen LogP contribution is -2.35. The molecule has 0 saturated heterocycles. The Hall–Kier alpha value is -2.42. The van der Waals surface area contributed by atoms with Crippen molar-refractivity contribution in [3.05, 3.63) is 35.7 Å². The number of rotatable bonds is 17. The van der Waals surface area contributed by atoms with Crippen LogP contribution in [0.2, 0.25) is 0 Å². The molecule has 0 atom stereocenters. The number of hydrogen-bond donors (Lipinski definition) is 7. The van der Waals surface area contributed by atoms with E-state index >= 15 is 0 Å². The Balaban J connectivity index is 2.84. The Morgan fingerprint density at radius 2 is 1.42 bits per heavy atom. The first-order valence-corrected chi connectivity index (χ1v) is 10.3. The average molecular weight is 443 g/mol. The molecule has 0 aliphatic rings. The summed E-state index contributed by atoms with van der Waals surface area (Å²) in [6, 6.07) is 0. The summed E-state index contributed by atoms with van der Waals surface area (Å²) in [6.45, 7) is 2.88. The molecule has 0 spiro atoms. The van der Waals surface area contributed by atoms with Crippen LogP contribution in [0.25, 0.3) is 0 Å². The van der Waals surface area contributed by atoms with E-state index < -0.39 is 0 Å². The predicted octanol–water partition coefficient (Wildman–Crippen LogP) is -2.82. The molecule has 1 aromatic heterocycles. The van der Waals surface area contributed by atoms with Gasteiger partial charge in [0.15, 0.2) is 0 Å². The quantitative estimate of drug-likeness (QED) is 0.0963. The summed E-state index contributed by atoms with van der Waals surface area (Å²) in [5, 5.41) is 37.9. The van der Waals surface area contributed by atoms with Crippen molar-refractivity contribution in [1.82, 2.24) is 29.9 Å². The SMILES string of the molecule is N/C(=C\N(N)CCCO)CN(C/C(N)=C/N(N)CCCO)Cc1cn(CCCO)nn1. The van der Waals surface area contributed by atoms with Crippen molar-refractivity contribution in [2.24, 2.45) is 23.2 Å². The maximum absolute atomic E-state index is 8.96. The Morgan fingerprint density at radius 1 is 0.903 bits per heavy atom. The lowest BCUT2D eigenvalue weighted by molar-refractivity contribution is 0.256. The molecular weight excluding hydrogens is 404 g/mol. The van der Waals surface area contributed by atoms with Crippen molar-refractivity contribution < 1.29 is 15.3 Å². The highest BCUT2D eigenvalue weighted by atomic mass is 16.3. The highest BCUT2D eigenvalue weighted by Crippen LogP contribution is 2.06. The zero-order chi connectivity index (χ0) is 23.1. The first-order valence-electron chi connectivity index (χ1n) is 10.3. The fourth-order valence-electron chi connectivity index (χ4n) is 2.81. The number of aliphatic hydroxyl groups is 3. The fourth-order valence-corrected chi connectivity index (χ4v) is 2.81. The molecule has 13 heteroatoms. The van der Waals surface area contributed by atoms with Gasteiger partial charge in [-0.2, -0.15) is 0 Å². The topological polar surface area (TPSA) is 205 Å². The molecule has 0 radical (unpaired) electrons. The van der Waals surface area contributed by atoms with Crippen LogP contribution in [0.1, 0.15) is 25.0 Å². The minimum absolute atomic E-state index is 0.0483. The van der Waals surface area contributed by atoms with E-state index in [0.717, 1.165) is 5.69 Å². The maximum Gasteiger partial charge on any atom is 0.0967 e. The Bertz CT molecular complexity index is 635. The van der Waals surface area contributed by atoms with Crippen molar-refractivity contribution in [2.75, 3.05) is 46.0 Å². The zero-order valence-corrected chi connectivity index (χ0v) is 18.1. The maximum atomic E-state index is 8.96. The molecule has 0 bridgehead atoms.